The van der Waals surface area contributed by atoms with Crippen LogP contribution in [-0.2, 0) is 6.54 Å². The number of piperidine rings is 1. The summed E-state index contributed by atoms with van der Waals surface area (Å²) in [6, 6.07) is 14.9. The van der Waals surface area contributed by atoms with E-state index in [9.17, 15) is 13.6 Å². The maximum atomic E-state index is 13.6. The lowest BCUT2D eigenvalue weighted by molar-refractivity contribution is 0.0944. The van der Waals surface area contributed by atoms with Gasteiger partial charge >= 0.3 is 0 Å². The Morgan fingerprint density at radius 3 is 2.38 bits per heavy atom. The van der Waals surface area contributed by atoms with Crippen LogP contribution in [0.1, 0.15) is 51.9 Å². The highest BCUT2D eigenvalue weighted by molar-refractivity contribution is 5.95. The van der Waals surface area contributed by atoms with E-state index in [1.807, 2.05) is 24.3 Å². The summed E-state index contributed by atoms with van der Waals surface area (Å²) in [5.41, 5.74) is 3.94. The molecule has 7 heteroatoms. The molecular weight excluding hydrogens is 434 g/mol. The molecule has 0 atom stereocenters. The zero-order valence-electron chi connectivity index (χ0n) is 19.2. The minimum atomic E-state index is -0.723. The predicted octanol–water partition coefficient (Wildman–Crippen LogP) is 5.69. The molecule has 176 valence electrons. The number of aryl methyl sites for hydroxylation is 1. The van der Waals surface area contributed by atoms with Crippen LogP contribution in [-0.4, -0.2) is 28.5 Å². The Labute approximate surface area is 198 Å². The SMILES string of the molecule is C=Cn1c(C(=C)F)nc(C)c1C(=O)NCc1ccc(N2CCC(c3ccc(F)cc3)CC2)cc1. The molecule has 1 saturated heterocycles. The van der Waals surface area contributed by atoms with Gasteiger partial charge in [-0.25, -0.2) is 13.8 Å². The van der Waals surface area contributed by atoms with Crippen molar-refractivity contribution in [3.8, 4) is 0 Å². The Morgan fingerprint density at radius 1 is 1.15 bits per heavy atom. The average Bonchev–Trinajstić information content (AvgIpc) is 3.20. The first-order valence-electron chi connectivity index (χ1n) is 11.3. The van der Waals surface area contributed by atoms with Crippen LogP contribution < -0.4 is 10.2 Å². The molecule has 2 aromatic carbocycles. The summed E-state index contributed by atoms with van der Waals surface area (Å²) in [6.45, 7) is 10.8. The van der Waals surface area contributed by atoms with Crippen LogP contribution in [0.5, 0.6) is 0 Å². The number of halogens is 2. The normalized spacial score (nSPS) is 14.1. The van der Waals surface area contributed by atoms with Gasteiger partial charge in [0.2, 0.25) is 0 Å². The fraction of sp³-hybridized carbons (Fsp3) is 0.259. The number of imidazole rings is 1. The summed E-state index contributed by atoms with van der Waals surface area (Å²) in [5, 5.41) is 2.87. The van der Waals surface area contributed by atoms with Crippen LogP contribution in [0, 0.1) is 12.7 Å². The molecule has 0 saturated carbocycles. The monoisotopic (exact) mass is 462 g/mol. The number of hydrogen-bond donors (Lipinski definition) is 1. The lowest BCUT2D eigenvalue weighted by Crippen LogP contribution is -2.32. The van der Waals surface area contributed by atoms with E-state index >= 15 is 0 Å². The summed E-state index contributed by atoms with van der Waals surface area (Å²) < 4.78 is 28.1. The van der Waals surface area contributed by atoms with Crippen molar-refractivity contribution in [1.29, 1.82) is 0 Å². The van der Waals surface area contributed by atoms with E-state index in [0.717, 1.165) is 37.2 Å². The van der Waals surface area contributed by atoms with E-state index in [1.165, 1.54) is 28.5 Å². The second-order valence-electron chi connectivity index (χ2n) is 8.49. The number of benzene rings is 2. The Hall–Kier alpha value is -3.74. The number of carbonyl (C=O) groups excluding carboxylic acids is 1. The maximum absolute atomic E-state index is 13.6. The molecule has 1 fully saturated rings. The number of aromatic nitrogens is 2. The first-order chi connectivity index (χ1) is 16.4. The number of nitrogens with one attached hydrogen (secondary N) is 1. The van der Waals surface area contributed by atoms with Gasteiger partial charge in [-0.2, -0.15) is 0 Å². The molecule has 1 aliphatic heterocycles. The molecule has 1 aliphatic rings. The Bertz CT molecular complexity index is 1190. The van der Waals surface area contributed by atoms with Gasteiger partial charge in [-0.3, -0.25) is 9.36 Å². The third-order valence-corrected chi connectivity index (χ3v) is 6.32. The molecule has 1 aromatic heterocycles. The van der Waals surface area contributed by atoms with E-state index < -0.39 is 5.83 Å². The highest BCUT2D eigenvalue weighted by Crippen LogP contribution is 2.30. The van der Waals surface area contributed by atoms with Gasteiger partial charge < -0.3 is 10.2 Å². The summed E-state index contributed by atoms with van der Waals surface area (Å²) >= 11 is 0. The largest absolute Gasteiger partial charge is 0.371 e. The highest BCUT2D eigenvalue weighted by Gasteiger charge is 2.22. The molecule has 0 unspecified atom stereocenters. The highest BCUT2D eigenvalue weighted by atomic mass is 19.1. The van der Waals surface area contributed by atoms with Gasteiger partial charge in [0, 0.05) is 31.5 Å². The Morgan fingerprint density at radius 2 is 1.79 bits per heavy atom. The summed E-state index contributed by atoms with van der Waals surface area (Å²) in [5.74, 6) is -0.850. The molecule has 4 rings (SSSR count). The summed E-state index contributed by atoms with van der Waals surface area (Å²) in [7, 11) is 0. The molecule has 3 aromatic rings. The number of anilines is 1. The summed E-state index contributed by atoms with van der Waals surface area (Å²) in [6.07, 6.45) is 3.39. The van der Waals surface area contributed by atoms with Crippen molar-refractivity contribution in [3.05, 3.63) is 95.8 Å². The molecule has 0 radical (unpaired) electrons. The lowest BCUT2D eigenvalue weighted by atomic mass is 9.89. The van der Waals surface area contributed by atoms with Crippen molar-refractivity contribution in [3.63, 3.8) is 0 Å². The van der Waals surface area contributed by atoms with Crippen molar-refractivity contribution in [1.82, 2.24) is 14.9 Å². The van der Waals surface area contributed by atoms with Crippen molar-refractivity contribution in [2.24, 2.45) is 0 Å². The molecule has 34 heavy (non-hydrogen) atoms. The molecular formula is C27H28F2N4O. The van der Waals surface area contributed by atoms with Crippen LogP contribution >= 0.6 is 0 Å². The van der Waals surface area contributed by atoms with Crippen LogP contribution in [0.3, 0.4) is 0 Å². The fourth-order valence-electron chi connectivity index (χ4n) is 4.49. The molecule has 0 spiro atoms. The molecule has 5 nitrogen and oxygen atoms in total. The molecule has 0 aliphatic carbocycles. The van der Waals surface area contributed by atoms with E-state index in [0.29, 0.717) is 18.2 Å². The van der Waals surface area contributed by atoms with Crippen molar-refractivity contribution in [2.75, 3.05) is 18.0 Å². The van der Waals surface area contributed by atoms with Gasteiger partial charge in [0.25, 0.3) is 5.91 Å². The second kappa shape index (κ2) is 10.0. The fourth-order valence-corrected chi connectivity index (χ4v) is 4.49. The smallest absolute Gasteiger partial charge is 0.270 e. The van der Waals surface area contributed by atoms with Crippen molar-refractivity contribution < 1.29 is 13.6 Å². The van der Waals surface area contributed by atoms with Gasteiger partial charge in [-0.05, 0) is 61.1 Å². The van der Waals surface area contributed by atoms with Crippen LogP contribution in [0.4, 0.5) is 14.5 Å². The predicted molar refractivity (Wildman–Crippen MR) is 132 cm³/mol. The molecule has 1 amide bonds. The minimum Gasteiger partial charge on any atom is -0.371 e. The molecule has 2 heterocycles. The van der Waals surface area contributed by atoms with Gasteiger partial charge in [-0.1, -0.05) is 37.4 Å². The summed E-state index contributed by atoms with van der Waals surface area (Å²) in [4.78, 5) is 19.2. The standard InChI is InChI=1S/C27H28F2N4O/c1-4-33-25(19(3)31-26(33)18(2)28)27(34)30-17-20-5-11-24(12-6-20)32-15-13-22(14-16-32)21-7-9-23(29)10-8-21/h4-12,22H,1-2,13-17H2,3H3,(H,30,34). The third kappa shape index (κ3) is 4.93. The van der Waals surface area contributed by atoms with Gasteiger partial charge in [0.15, 0.2) is 11.7 Å². The van der Waals surface area contributed by atoms with Crippen LogP contribution in [0.2, 0.25) is 0 Å². The third-order valence-electron chi connectivity index (χ3n) is 6.32. The zero-order valence-corrected chi connectivity index (χ0v) is 19.2. The van der Waals surface area contributed by atoms with Gasteiger partial charge in [-0.15, -0.1) is 0 Å². The van der Waals surface area contributed by atoms with Crippen molar-refractivity contribution >= 4 is 23.6 Å². The van der Waals surface area contributed by atoms with E-state index in [-0.39, 0.29) is 23.2 Å². The first-order valence-corrected chi connectivity index (χ1v) is 11.3. The molecule has 1 N–H and O–H groups in total. The van der Waals surface area contributed by atoms with Crippen molar-refractivity contribution in [2.45, 2.75) is 32.2 Å². The quantitative estimate of drug-likeness (QED) is 0.491. The second-order valence-corrected chi connectivity index (χ2v) is 8.49. The first kappa shape index (κ1) is 23.4. The average molecular weight is 463 g/mol. The van der Waals surface area contributed by atoms with Gasteiger partial charge in [0.05, 0.1) is 5.69 Å². The Kier molecular flexibility index (Phi) is 6.91. The topological polar surface area (TPSA) is 50.2 Å². The zero-order chi connectivity index (χ0) is 24.2. The van der Waals surface area contributed by atoms with E-state index in [2.05, 4.69) is 40.5 Å². The number of amides is 1. The van der Waals surface area contributed by atoms with Gasteiger partial charge in [0.1, 0.15) is 11.5 Å². The molecule has 0 bridgehead atoms. The maximum Gasteiger partial charge on any atom is 0.270 e. The minimum absolute atomic E-state index is 0.0230. The number of carbonyl (C=O) groups is 1. The number of rotatable bonds is 7. The lowest BCUT2D eigenvalue weighted by Gasteiger charge is -2.34. The van der Waals surface area contributed by atoms with E-state index in [1.54, 1.807) is 6.92 Å². The van der Waals surface area contributed by atoms with E-state index in [4.69, 9.17) is 0 Å². The van der Waals surface area contributed by atoms with Crippen LogP contribution in [0.25, 0.3) is 12.0 Å². The number of hydrogen-bond acceptors (Lipinski definition) is 3. The van der Waals surface area contributed by atoms with Crippen LogP contribution in [0.15, 0.2) is 61.7 Å². The Balaban J connectivity index is 1.34. The number of nitrogens with zero attached hydrogens (tertiary/aromatic N) is 3.